The standard InChI is InChI=1S/C14H19N3O/c1-10-8-15-13(12-6-5-7-18-12)17-11(10)9-16-14(2,3)4/h5-8,16H,9H2,1-4H3. The number of rotatable bonds is 3. The zero-order valence-corrected chi connectivity index (χ0v) is 11.3. The lowest BCUT2D eigenvalue weighted by Crippen LogP contribution is -2.35. The van der Waals surface area contributed by atoms with Crippen molar-refractivity contribution in [2.75, 3.05) is 0 Å². The van der Waals surface area contributed by atoms with Gasteiger partial charge in [-0.25, -0.2) is 9.97 Å². The van der Waals surface area contributed by atoms with Crippen molar-refractivity contribution >= 4 is 0 Å². The van der Waals surface area contributed by atoms with Crippen LogP contribution < -0.4 is 5.32 Å². The first-order valence-corrected chi connectivity index (χ1v) is 6.07. The summed E-state index contributed by atoms with van der Waals surface area (Å²) < 4.78 is 5.31. The molecule has 0 aliphatic heterocycles. The van der Waals surface area contributed by atoms with E-state index >= 15 is 0 Å². The van der Waals surface area contributed by atoms with E-state index in [1.54, 1.807) is 6.26 Å². The fraction of sp³-hybridized carbons (Fsp3) is 0.429. The molecule has 4 heteroatoms. The Hall–Kier alpha value is -1.68. The quantitative estimate of drug-likeness (QED) is 0.903. The predicted molar refractivity (Wildman–Crippen MR) is 71.1 cm³/mol. The number of aryl methyl sites for hydroxylation is 1. The minimum atomic E-state index is 0.0717. The Morgan fingerprint density at radius 1 is 1.33 bits per heavy atom. The van der Waals surface area contributed by atoms with Gasteiger partial charge in [0.1, 0.15) is 0 Å². The number of nitrogens with one attached hydrogen (secondary N) is 1. The van der Waals surface area contributed by atoms with Crippen LogP contribution in [0.4, 0.5) is 0 Å². The van der Waals surface area contributed by atoms with Gasteiger partial charge >= 0.3 is 0 Å². The summed E-state index contributed by atoms with van der Waals surface area (Å²) >= 11 is 0. The van der Waals surface area contributed by atoms with Gasteiger partial charge in [-0.15, -0.1) is 0 Å². The Labute approximate surface area is 107 Å². The van der Waals surface area contributed by atoms with Crippen molar-refractivity contribution in [2.24, 2.45) is 0 Å². The maximum absolute atomic E-state index is 5.31. The van der Waals surface area contributed by atoms with Crippen LogP contribution in [0.3, 0.4) is 0 Å². The summed E-state index contributed by atoms with van der Waals surface area (Å²) in [5.74, 6) is 1.34. The average Bonchev–Trinajstić information content (AvgIpc) is 2.80. The highest BCUT2D eigenvalue weighted by molar-refractivity contribution is 5.46. The van der Waals surface area contributed by atoms with E-state index < -0.39 is 0 Å². The molecule has 2 aromatic heterocycles. The molecule has 0 amide bonds. The van der Waals surface area contributed by atoms with E-state index in [1.165, 1.54) is 0 Å². The summed E-state index contributed by atoms with van der Waals surface area (Å²) in [7, 11) is 0. The van der Waals surface area contributed by atoms with Gasteiger partial charge in [0.2, 0.25) is 0 Å². The molecule has 1 N–H and O–H groups in total. The molecule has 0 spiro atoms. The van der Waals surface area contributed by atoms with E-state index in [0.29, 0.717) is 11.6 Å². The molecule has 0 radical (unpaired) electrons. The lowest BCUT2D eigenvalue weighted by atomic mass is 10.1. The monoisotopic (exact) mass is 245 g/mol. The lowest BCUT2D eigenvalue weighted by Gasteiger charge is -2.20. The maximum atomic E-state index is 5.31. The minimum Gasteiger partial charge on any atom is -0.461 e. The van der Waals surface area contributed by atoms with Crippen molar-refractivity contribution in [1.29, 1.82) is 0 Å². The van der Waals surface area contributed by atoms with Gasteiger partial charge in [-0.1, -0.05) is 0 Å². The van der Waals surface area contributed by atoms with Crippen molar-refractivity contribution in [2.45, 2.75) is 39.8 Å². The van der Waals surface area contributed by atoms with E-state index in [4.69, 9.17) is 4.42 Å². The van der Waals surface area contributed by atoms with Crippen LogP contribution in [0.25, 0.3) is 11.6 Å². The van der Waals surface area contributed by atoms with E-state index in [2.05, 4.69) is 36.1 Å². The highest BCUT2D eigenvalue weighted by atomic mass is 16.3. The van der Waals surface area contributed by atoms with Gasteiger partial charge in [-0.2, -0.15) is 0 Å². The summed E-state index contributed by atoms with van der Waals surface area (Å²) in [6, 6.07) is 3.71. The molecule has 2 heterocycles. The Morgan fingerprint density at radius 2 is 2.11 bits per heavy atom. The number of aromatic nitrogens is 2. The molecular formula is C14H19N3O. The van der Waals surface area contributed by atoms with E-state index in [9.17, 15) is 0 Å². The van der Waals surface area contributed by atoms with Crippen LogP contribution >= 0.6 is 0 Å². The van der Waals surface area contributed by atoms with Crippen molar-refractivity contribution < 1.29 is 4.42 Å². The van der Waals surface area contributed by atoms with Crippen LogP contribution in [-0.4, -0.2) is 15.5 Å². The fourth-order valence-corrected chi connectivity index (χ4v) is 1.53. The van der Waals surface area contributed by atoms with Crippen LogP contribution in [0.2, 0.25) is 0 Å². The smallest absolute Gasteiger partial charge is 0.195 e. The molecule has 18 heavy (non-hydrogen) atoms. The van der Waals surface area contributed by atoms with Crippen LogP contribution in [0.5, 0.6) is 0 Å². The lowest BCUT2D eigenvalue weighted by molar-refractivity contribution is 0.420. The second kappa shape index (κ2) is 4.90. The van der Waals surface area contributed by atoms with Crippen molar-refractivity contribution in [3.63, 3.8) is 0 Å². The SMILES string of the molecule is Cc1cnc(-c2ccco2)nc1CNC(C)(C)C. The van der Waals surface area contributed by atoms with Gasteiger partial charge in [0.05, 0.1) is 12.0 Å². The van der Waals surface area contributed by atoms with Crippen molar-refractivity contribution in [3.05, 3.63) is 35.9 Å². The fourth-order valence-electron chi connectivity index (χ4n) is 1.53. The van der Waals surface area contributed by atoms with Crippen LogP contribution in [0, 0.1) is 6.92 Å². The summed E-state index contributed by atoms with van der Waals surface area (Å²) in [5.41, 5.74) is 2.16. The van der Waals surface area contributed by atoms with E-state index in [-0.39, 0.29) is 5.54 Å². The molecule has 0 bridgehead atoms. The third-order valence-electron chi connectivity index (χ3n) is 2.60. The molecule has 0 saturated carbocycles. The molecule has 2 aromatic rings. The summed E-state index contributed by atoms with van der Waals surface area (Å²) in [6.07, 6.45) is 3.47. The first kappa shape index (κ1) is 12.8. The zero-order valence-electron chi connectivity index (χ0n) is 11.3. The van der Waals surface area contributed by atoms with Gasteiger partial charge < -0.3 is 9.73 Å². The van der Waals surface area contributed by atoms with Crippen molar-refractivity contribution in [3.8, 4) is 11.6 Å². The van der Waals surface area contributed by atoms with Crippen LogP contribution in [-0.2, 0) is 6.54 Å². The molecule has 0 saturated heterocycles. The highest BCUT2D eigenvalue weighted by Crippen LogP contribution is 2.16. The van der Waals surface area contributed by atoms with Gasteiger partial charge in [0.15, 0.2) is 11.6 Å². The maximum Gasteiger partial charge on any atom is 0.195 e. The third kappa shape index (κ3) is 3.17. The number of furan rings is 1. The molecule has 2 rings (SSSR count). The van der Waals surface area contributed by atoms with Gasteiger partial charge in [-0.3, -0.25) is 0 Å². The van der Waals surface area contributed by atoms with Gasteiger partial charge in [0, 0.05) is 18.3 Å². The van der Waals surface area contributed by atoms with Gasteiger partial charge in [-0.05, 0) is 45.4 Å². The first-order valence-electron chi connectivity index (χ1n) is 6.07. The van der Waals surface area contributed by atoms with E-state index in [1.807, 2.05) is 25.3 Å². The van der Waals surface area contributed by atoms with Gasteiger partial charge in [0.25, 0.3) is 0 Å². The van der Waals surface area contributed by atoms with Crippen LogP contribution in [0.15, 0.2) is 29.0 Å². The Bertz CT molecular complexity index is 512. The number of hydrogen-bond acceptors (Lipinski definition) is 4. The Kier molecular flexibility index (Phi) is 3.48. The number of nitrogens with zero attached hydrogens (tertiary/aromatic N) is 2. The second-order valence-corrected chi connectivity index (χ2v) is 5.40. The molecule has 0 aliphatic carbocycles. The molecular weight excluding hydrogens is 226 g/mol. The highest BCUT2D eigenvalue weighted by Gasteiger charge is 2.12. The molecule has 0 aromatic carbocycles. The topological polar surface area (TPSA) is 51.0 Å². The molecule has 0 atom stereocenters. The molecule has 4 nitrogen and oxygen atoms in total. The molecule has 0 unspecified atom stereocenters. The molecule has 96 valence electrons. The zero-order chi connectivity index (χ0) is 13.2. The summed E-state index contributed by atoms with van der Waals surface area (Å²) in [5, 5.41) is 3.43. The first-order chi connectivity index (χ1) is 8.46. The summed E-state index contributed by atoms with van der Waals surface area (Å²) in [6.45, 7) is 9.15. The van der Waals surface area contributed by atoms with Crippen molar-refractivity contribution in [1.82, 2.24) is 15.3 Å². The third-order valence-corrected chi connectivity index (χ3v) is 2.60. The Balaban J connectivity index is 2.22. The second-order valence-electron chi connectivity index (χ2n) is 5.40. The molecule has 0 fully saturated rings. The van der Waals surface area contributed by atoms with Crippen LogP contribution in [0.1, 0.15) is 32.0 Å². The Morgan fingerprint density at radius 3 is 2.72 bits per heavy atom. The van der Waals surface area contributed by atoms with E-state index in [0.717, 1.165) is 17.8 Å². The predicted octanol–water partition coefficient (Wildman–Crippen LogP) is 2.93. The average molecular weight is 245 g/mol. The minimum absolute atomic E-state index is 0.0717. The normalized spacial score (nSPS) is 11.8. The molecule has 0 aliphatic rings. The largest absolute Gasteiger partial charge is 0.461 e. The summed E-state index contributed by atoms with van der Waals surface area (Å²) in [4.78, 5) is 8.84. The number of hydrogen-bond donors (Lipinski definition) is 1.